The quantitative estimate of drug-likeness (QED) is 0.736. The van der Waals surface area contributed by atoms with Gasteiger partial charge in [0.15, 0.2) is 0 Å². The summed E-state index contributed by atoms with van der Waals surface area (Å²) in [4.78, 5) is 12.0. The molecule has 10 heteroatoms. The number of aryl methyl sites for hydroxylation is 1. The molecule has 2 heterocycles. The summed E-state index contributed by atoms with van der Waals surface area (Å²) >= 11 is 0. The number of ether oxygens (including phenoxy) is 1. The second-order valence-corrected chi connectivity index (χ2v) is 7.72. The van der Waals surface area contributed by atoms with E-state index in [0.29, 0.717) is 19.0 Å². The van der Waals surface area contributed by atoms with Gasteiger partial charge in [-0.2, -0.15) is 9.40 Å². The van der Waals surface area contributed by atoms with Crippen LogP contribution < -0.4 is 10.6 Å². The molecule has 24 heavy (non-hydrogen) atoms. The van der Waals surface area contributed by atoms with Crippen LogP contribution in [0.1, 0.15) is 19.8 Å². The molecule has 1 aromatic heterocycles. The maximum absolute atomic E-state index is 12.0. The smallest absolute Gasteiger partial charge is 0.320 e. The molecule has 0 saturated carbocycles. The van der Waals surface area contributed by atoms with E-state index in [-0.39, 0.29) is 25.2 Å². The minimum Gasteiger partial charge on any atom is -0.374 e. The number of nitrogens with one attached hydrogen (secondary N) is 2. The molecule has 1 saturated heterocycles. The van der Waals surface area contributed by atoms with Crippen molar-refractivity contribution in [1.29, 1.82) is 0 Å². The zero-order valence-electron chi connectivity index (χ0n) is 14.1. The van der Waals surface area contributed by atoms with Crippen LogP contribution in [-0.4, -0.2) is 67.1 Å². The van der Waals surface area contributed by atoms with Gasteiger partial charge in [0.1, 0.15) is 5.82 Å². The summed E-state index contributed by atoms with van der Waals surface area (Å²) in [6, 6.07) is 1.37. The van der Waals surface area contributed by atoms with E-state index in [1.165, 1.54) is 10.6 Å². The summed E-state index contributed by atoms with van der Waals surface area (Å²) < 4.78 is 31.7. The van der Waals surface area contributed by atoms with Crippen molar-refractivity contribution in [3.8, 4) is 0 Å². The number of hydrogen-bond donors (Lipinski definition) is 2. The number of nitrogens with zero attached hydrogens (tertiary/aromatic N) is 3. The van der Waals surface area contributed by atoms with Gasteiger partial charge < -0.3 is 10.1 Å². The molecule has 1 fully saturated rings. The monoisotopic (exact) mass is 359 g/mol. The molecular formula is C14H25N5O4S. The molecule has 2 N–H and O–H groups in total. The van der Waals surface area contributed by atoms with Gasteiger partial charge in [-0.05, 0) is 6.42 Å². The lowest BCUT2D eigenvalue weighted by atomic mass is 10.3. The number of carbonyl (C=O) groups excluding carboxylic acids is 1. The Morgan fingerprint density at radius 2 is 2.29 bits per heavy atom. The average molecular weight is 359 g/mol. The summed E-state index contributed by atoms with van der Waals surface area (Å²) in [5.41, 5.74) is 0. The molecule has 1 aromatic rings. The standard InChI is InChI=1S/C14H25N5O4S/c1-3-4-7-19-13(5-6-16-19)17-14(20)15-10-12-11-18(8-9-23-12)24(2,21)22/h5-6,12H,3-4,7-11H2,1-2H3,(H2,15,17,20)/t12-/m1/s1. The average Bonchev–Trinajstić information content (AvgIpc) is 2.97. The first-order chi connectivity index (χ1) is 11.4. The largest absolute Gasteiger partial charge is 0.374 e. The molecule has 1 aliphatic heterocycles. The third kappa shape index (κ3) is 5.46. The summed E-state index contributed by atoms with van der Waals surface area (Å²) in [5, 5.41) is 9.62. The van der Waals surface area contributed by atoms with E-state index in [0.717, 1.165) is 19.4 Å². The first kappa shape index (κ1) is 18.7. The Balaban J connectivity index is 1.80. The number of urea groups is 1. The van der Waals surface area contributed by atoms with Crippen LogP contribution in [0.15, 0.2) is 12.3 Å². The van der Waals surface area contributed by atoms with Crippen LogP contribution in [0, 0.1) is 0 Å². The zero-order chi connectivity index (χ0) is 17.6. The van der Waals surface area contributed by atoms with Crippen LogP contribution in [0.4, 0.5) is 10.6 Å². The minimum absolute atomic E-state index is 0.237. The maximum atomic E-state index is 12.0. The summed E-state index contributed by atoms with van der Waals surface area (Å²) in [6.07, 6.45) is 4.48. The van der Waals surface area contributed by atoms with Crippen molar-refractivity contribution in [3.63, 3.8) is 0 Å². The summed E-state index contributed by atoms with van der Waals surface area (Å²) in [6.45, 7) is 3.99. The van der Waals surface area contributed by atoms with Crippen molar-refractivity contribution in [2.24, 2.45) is 0 Å². The second-order valence-electron chi connectivity index (χ2n) is 5.74. The molecule has 0 bridgehead atoms. The fourth-order valence-electron chi connectivity index (χ4n) is 2.41. The van der Waals surface area contributed by atoms with E-state index < -0.39 is 10.0 Å². The third-order valence-corrected chi connectivity index (χ3v) is 5.01. The van der Waals surface area contributed by atoms with E-state index in [9.17, 15) is 13.2 Å². The number of sulfonamides is 1. The number of rotatable bonds is 7. The highest BCUT2D eigenvalue weighted by Crippen LogP contribution is 2.09. The normalized spacial score (nSPS) is 19.2. The highest BCUT2D eigenvalue weighted by molar-refractivity contribution is 7.88. The van der Waals surface area contributed by atoms with Crippen LogP contribution >= 0.6 is 0 Å². The SMILES string of the molecule is CCCCn1nccc1NC(=O)NC[C@@H]1CN(S(C)(=O)=O)CCO1. The molecule has 0 unspecified atom stereocenters. The number of hydrogen-bond acceptors (Lipinski definition) is 5. The molecule has 0 spiro atoms. The van der Waals surface area contributed by atoms with Gasteiger partial charge in [0, 0.05) is 32.2 Å². The lowest BCUT2D eigenvalue weighted by Gasteiger charge is -2.31. The lowest BCUT2D eigenvalue weighted by Crippen LogP contribution is -2.49. The van der Waals surface area contributed by atoms with E-state index in [4.69, 9.17) is 4.74 Å². The van der Waals surface area contributed by atoms with E-state index in [2.05, 4.69) is 22.7 Å². The fourth-order valence-corrected chi connectivity index (χ4v) is 3.25. The Bertz CT molecular complexity index is 645. The first-order valence-electron chi connectivity index (χ1n) is 8.03. The number of anilines is 1. The van der Waals surface area contributed by atoms with Gasteiger partial charge in [-0.1, -0.05) is 13.3 Å². The molecule has 136 valence electrons. The highest BCUT2D eigenvalue weighted by atomic mass is 32.2. The van der Waals surface area contributed by atoms with E-state index in [1.807, 2.05) is 0 Å². The van der Waals surface area contributed by atoms with Gasteiger partial charge in [0.25, 0.3) is 0 Å². The molecule has 2 amide bonds. The summed E-state index contributed by atoms with van der Waals surface area (Å²) in [7, 11) is -3.24. The van der Waals surface area contributed by atoms with Crippen molar-refractivity contribution in [3.05, 3.63) is 12.3 Å². The zero-order valence-corrected chi connectivity index (χ0v) is 14.9. The van der Waals surface area contributed by atoms with Crippen molar-refractivity contribution >= 4 is 21.9 Å². The van der Waals surface area contributed by atoms with Gasteiger partial charge >= 0.3 is 6.03 Å². The van der Waals surface area contributed by atoms with Crippen LogP contribution in [0.3, 0.4) is 0 Å². The minimum atomic E-state index is -3.24. The Labute approximate surface area is 142 Å². The van der Waals surface area contributed by atoms with Crippen LogP contribution in [0.5, 0.6) is 0 Å². The summed E-state index contributed by atoms with van der Waals surface area (Å²) in [5.74, 6) is 0.628. The molecular weight excluding hydrogens is 334 g/mol. The molecule has 0 radical (unpaired) electrons. The van der Waals surface area contributed by atoms with Gasteiger partial charge in [-0.25, -0.2) is 17.9 Å². The van der Waals surface area contributed by atoms with Gasteiger partial charge in [-0.15, -0.1) is 0 Å². The Morgan fingerprint density at radius 1 is 1.50 bits per heavy atom. The molecule has 9 nitrogen and oxygen atoms in total. The molecule has 0 aliphatic carbocycles. The maximum Gasteiger partial charge on any atom is 0.320 e. The first-order valence-corrected chi connectivity index (χ1v) is 9.88. The van der Waals surface area contributed by atoms with Crippen molar-refractivity contribution in [1.82, 2.24) is 19.4 Å². The van der Waals surface area contributed by atoms with Crippen LogP contribution in [0.25, 0.3) is 0 Å². The Morgan fingerprint density at radius 3 is 3.00 bits per heavy atom. The predicted molar refractivity (Wildman–Crippen MR) is 90.3 cm³/mol. The topological polar surface area (TPSA) is 106 Å². The lowest BCUT2D eigenvalue weighted by molar-refractivity contribution is 0.00167. The second kappa shape index (κ2) is 8.45. The van der Waals surface area contributed by atoms with Crippen LogP contribution in [0.2, 0.25) is 0 Å². The van der Waals surface area contributed by atoms with Gasteiger partial charge in [0.2, 0.25) is 10.0 Å². The number of aromatic nitrogens is 2. The molecule has 2 rings (SSSR count). The van der Waals surface area contributed by atoms with Gasteiger partial charge in [0.05, 0.1) is 25.2 Å². The van der Waals surface area contributed by atoms with Crippen molar-refractivity contribution in [2.45, 2.75) is 32.4 Å². The van der Waals surface area contributed by atoms with E-state index in [1.54, 1.807) is 16.9 Å². The van der Waals surface area contributed by atoms with Crippen molar-refractivity contribution in [2.75, 3.05) is 37.8 Å². The highest BCUT2D eigenvalue weighted by Gasteiger charge is 2.26. The number of unbranched alkanes of at least 4 members (excludes halogenated alkanes) is 1. The third-order valence-electron chi connectivity index (χ3n) is 3.74. The fraction of sp³-hybridized carbons (Fsp3) is 0.714. The predicted octanol–water partition coefficient (Wildman–Crippen LogP) is 0.465. The number of amides is 2. The number of morpholine rings is 1. The Kier molecular flexibility index (Phi) is 6.58. The van der Waals surface area contributed by atoms with E-state index >= 15 is 0 Å². The Hall–Kier alpha value is -1.65. The number of carbonyl (C=O) groups is 1. The molecule has 1 aliphatic rings. The van der Waals surface area contributed by atoms with Crippen molar-refractivity contribution < 1.29 is 17.9 Å². The van der Waals surface area contributed by atoms with Gasteiger partial charge in [-0.3, -0.25) is 5.32 Å². The van der Waals surface area contributed by atoms with Crippen LogP contribution in [-0.2, 0) is 21.3 Å². The molecule has 1 atom stereocenters. The molecule has 0 aromatic carbocycles.